The molecule has 0 bridgehead atoms. The minimum Gasteiger partial charge on any atom is -0.508 e. The van der Waals surface area contributed by atoms with E-state index in [1.54, 1.807) is 13.8 Å². The molecule has 0 aliphatic heterocycles. The minimum absolute atomic E-state index is 0.0699. The molecule has 0 fully saturated rings. The molecule has 3 rings (SSSR count). The molecule has 0 atom stereocenters. The van der Waals surface area contributed by atoms with Crippen LogP contribution in [0.5, 0.6) is 23.0 Å². The van der Waals surface area contributed by atoms with E-state index < -0.39 is 25.1 Å². The summed E-state index contributed by atoms with van der Waals surface area (Å²) in [4.78, 5) is 12.4. The zero-order valence-electron chi connectivity index (χ0n) is 16.3. The average molecular weight is 436 g/mol. The third-order valence-electron chi connectivity index (χ3n) is 4.10. The highest BCUT2D eigenvalue weighted by atomic mass is 31.2. The Morgan fingerprint density at radius 3 is 2.37 bits per heavy atom. The van der Waals surface area contributed by atoms with Crippen LogP contribution in [-0.2, 0) is 13.6 Å². The Morgan fingerprint density at radius 2 is 1.70 bits per heavy atom. The van der Waals surface area contributed by atoms with Crippen LogP contribution in [0.15, 0.2) is 45.6 Å². The third-order valence-corrected chi connectivity index (χ3v) is 5.85. The Morgan fingerprint density at radius 1 is 1.00 bits per heavy atom. The Kier molecular flexibility index (Phi) is 6.36. The molecule has 0 saturated heterocycles. The standard InChI is InChI=1S/C20H21O9P/c1-3-27-30(25,28-4-2)11-26-17-9-12(5-8-15(17)22)20-19(24)18(23)14-7-6-13(21)10-16(14)29-20/h5-10,21-22,24H,3-4,11H2,1-2H3. The van der Waals surface area contributed by atoms with Crippen molar-refractivity contribution in [3.8, 4) is 34.3 Å². The first-order valence-corrected chi connectivity index (χ1v) is 10.8. The van der Waals surface area contributed by atoms with Crippen LogP contribution in [0, 0.1) is 0 Å². The van der Waals surface area contributed by atoms with Gasteiger partial charge in [0.1, 0.15) is 11.3 Å². The van der Waals surface area contributed by atoms with E-state index in [4.69, 9.17) is 18.2 Å². The van der Waals surface area contributed by atoms with Gasteiger partial charge in [0.15, 0.2) is 23.6 Å². The highest BCUT2D eigenvalue weighted by Gasteiger charge is 2.26. The molecule has 30 heavy (non-hydrogen) atoms. The molecule has 1 aromatic heterocycles. The van der Waals surface area contributed by atoms with Gasteiger partial charge >= 0.3 is 7.60 Å². The van der Waals surface area contributed by atoms with Crippen molar-refractivity contribution < 1.29 is 38.1 Å². The monoisotopic (exact) mass is 436 g/mol. The molecular weight excluding hydrogens is 415 g/mol. The number of hydrogen-bond donors (Lipinski definition) is 3. The molecule has 160 valence electrons. The predicted molar refractivity (Wildman–Crippen MR) is 109 cm³/mol. The molecule has 3 N–H and O–H groups in total. The number of ether oxygens (including phenoxy) is 1. The van der Waals surface area contributed by atoms with Gasteiger partial charge in [-0.3, -0.25) is 9.36 Å². The number of aromatic hydroxyl groups is 3. The summed E-state index contributed by atoms with van der Waals surface area (Å²) >= 11 is 0. The van der Waals surface area contributed by atoms with Gasteiger partial charge in [-0.2, -0.15) is 0 Å². The number of benzene rings is 2. The first-order valence-electron chi connectivity index (χ1n) is 9.11. The summed E-state index contributed by atoms with van der Waals surface area (Å²) in [5, 5.41) is 30.1. The van der Waals surface area contributed by atoms with Gasteiger partial charge in [0.05, 0.1) is 18.6 Å². The summed E-state index contributed by atoms with van der Waals surface area (Å²) in [7, 11) is -3.53. The molecule has 0 unspecified atom stereocenters. The molecule has 0 aliphatic carbocycles. The maximum atomic E-state index is 12.6. The van der Waals surface area contributed by atoms with Gasteiger partial charge in [-0.1, -0.05) is 0 Å². The fourth-order valence-electron chi connectivity index (χ4n) is 2.79. The first kappa shape index (κ1) is 21.7. The Balaban J connectivity index is 2.00. The Hall–Kier alpha value is -3.00. The van der Waals surface area contributed by atoms with Crippen LogP contribution >= 0.6 is 7.60 Å². The maximum absolute atomic E-state index is 12.6. The lowest BCUT2D eigenvalue weighted by atomic mass is 10.1. The first-order chi connectivity index (χ1) is 14.3. The second-order valence-corrected chi connectivity index (χ2v) is 8.19. The molecule has 1 heterocycles. The van der Waals surface area contributed by atoms with Crippen molar-refractivity contribution in [2.24, 2.45) is 0 Å². The molecule has 0 radical (unpaired) electrons. The van der Waals surface area contributed by atoms with Gasteiger partial charge in [-0.05, 0) is 44.2 Å². The highest BCUT2D eigenvalue weighted by Crippen LogP contribution is 2.48. The smallest absolute Gasteiger partial charge is 0.367 e. The van der Waals surface area contributed by atoms with Crippen LogP contribution in [0.3, 0.4) is 0 Å². The summed E-state index contributed by atoms with van der Waals surface area (Å²) in [6, 6.07) is 7.87. The van der Waals surface area contributed by atoms with Crippen LogP contribution in [0.4, 0.5) is 0 Å². The lowest BCUT2D eigenvalue weighted by Crippen LogP contribution is -2.06. The van der Waals surface area contributed by atoms with Gasteiger partial charge in [0.2, 0.25) is 11.2 Å². The fraction of sp³-hybridized carbons (Fsp3) is 0.250. The second kappa shape index (κ2) is 8.79. The van der Waals surface area contributed by atoms with Crippen molar-refractivity contribution in [2.45, 2.75) is 13.8 Å². The van der Waals surface area contributed by atoms with Crippen LogP contribution in [-0.4, -0.2) is 34.9 Å². The molecule has 2 aromatic carbocycles. The normalized spacial score (nSPS) is 11.7. The molecule has 0 saturated carbocycles. The SMILES string of the molecule is CCOP(=O)(COc1cc(-c2oc3cc(O)ccc3c(=O)c2O)ccc1O)OCC. The van der Waals surface area contributed by atoms with Crippen LogP contribution < -0.4 is 10.2 Å². The Labute approximate surface area is 171 Å². The number of rotatable bonds is 8. The van der Waals surface area contributed by atoms with Gasteiger partial charge < -0.3 is 33.5 Å². The molecule has 3 aromatic rings. The van der Waals surface area contributed by atoms with E-state index in [0.717, 1.165) is 0 Å². The van der Waals surface area contributed by atoms with Crippen LogP contribution in [0.2, 0.25) is 0 Å². The maximum Gasteiger partial charge on any atom is 0.367 e. The largest absolute Gasteiger partial charge is 0.508 e. The summed E-state index contributed by atoms with van der Waals surface area (Å²) < 4.78 is 33.9. The minimum atomic E-state index is -3.53. The van der Waals surface area contributed by atoms with E-state index >= 15 is 0 Å². The number of phenolic OH excluding ortho intramolecular Hbond substituents is 2. The van der Waals surface area contributed by atoms with Crippen molar-refractivity contribution in [2.75, 3.05) is 19.6 Å². The Bertz CT molecular complexity index is 1160. The number of hydrogen-bond acceptors (Lipinski definition) is 9. The van der Waals surface area contributed by atoms with Crippen molar-refractivity contribution in [1.82, 2.24) is 0 Å². The zero-order chi connectivity index (χ0) is 21.9. The van der Waals surface area contributed by atoms with Crippen molar-refractivity contribution >= 4 is 18.6 Å². The topological polar surface area (TPSA) is 136 Å². The summed E-state index contributed by atoms with van der Waals surface area (Å²) in [5.74, 6) is -1.27. The van der Waals surface area contributed by atoms with Gasteiger partial charge in [0, 0.05) is 11.6 Å². The molecule has 10 heteroatoms. The van der Waals surface area contributed by atoms with E-state index in [2.05, 4.69) is 0 Å². The summed E-state index contributed by atoms with van der Waals surface area (Å²) in [5.41, 5.74) is -0.398. The second-order valence-electron chi connectivity index (χ2n) is 6.19. The molecule has 0 spiro atoms. The zero-order valence-corrected chi connectivity index (χ0v) is 17.2. The highest BCUT2D eigenvalue weighted by molar-refractivity contribution is 7.53. The van der Waals surface area contributed by atoms with E-state index in [1.807, 2.05) is 0 Å². The van der Waals surface area contributed by atoms with E-state index in [1.165, 1.54) is 36.4 Å². The van der Waals surface area contributed by atoms with Crippen molar-refractivity contribution in [1.29, 1.82) is 0 Å². The number of phenols is 2. The summed E-state index contributed by atoms with van der Waals surface area (Å²) in [6.45, 7) is 3.61. The van der Waals surface area contributed by atoms with Gasteiger partial charge in [0.25, 0.3) is 0 Å². The quantitative estimate of drug-likeness (QED) is 0.444. The lowest BCUT2D eigenvalue weighted by Gasteiger charge is -2.18. The van der Waals surface area contributed by atoms with E-state index in [-0.39, 0.29) is 52.8 Å². The molecule has 0 amide bonds. The molecule has 0 aliphatic rings. The van der Waals surface area contributed by atoms with Crippen molar-refractivity contribution in [3.05, 3.63) is 46.6 Å². The third kappa shape index (κ3) is 4.43. The summed E-state index contributed by atoms with van der Waals surface area (Å²) in [6.07, 6.45) is -0.451. The van der Waals surface area contributed by atoms with Gasteiger partial charge in [-0.25, -0.2) is 0 Å². The van der Waals surface area contributed by atoms with E-state index in [0.29, 0.717) is 0 Å². The predicted octanol–water partition coefficient (Wildman–Crippen LogP) is 4.18. The fourth-order valence-corrected chi connectivity index (χ4v) is 4.10. The van der Waals surface area contributed by atoms with Crippen molar-refractivity contribution in [3.63, 3.8) is 0 Å². The number of fused-ring (bicyclic) bond motifs is 1. The average Bonchev–Trinajstić information content (AvgIpc) is 2.70. The van der Waals surface area contributed by atoms with Gasteiger partial charge in [-0.15, -0.1) is 0 Å². The van der Waals surface area contributed by atoms with Crippen LogP contribution in [0.1, 0.15) is 13.8 Å². The van der Waals surface area contributed by atoms with Crippen LogP contribution in [0.25, 0.3) is 22.3 Å². The molecule has 9 nitrogen and oxygen atoms in total. The molecular formula is C20H21O9P. The van der Waals surface area contributed by atoms with E-state index in [9.17, 15) is 24.7 Å². The lowest BCUT2D eigenvalue weighted by molar-refractivity contribution is 0.195.